The second-order valence-electron chi connectivity index (χ2n) is 7.73. The number of benzene rings is 1. The molecule has 1 aliphatic rings. The van der Waals surface area contributed by atoms with Crippen LogP contribution < -0.4 is 20.3 Å². The summed E-state index contributed by atoms with van der Waals surface area (Å²) in [6.07, 6.45) is -2.16. The van der Waals surface area contributed by atoms with E-state index in [0.717, 1.165) is 35.0 Å². The molecule has 4 heterocycles. The Bertz CT molecular complexity index is 1290. The summed E-state index contributed by atoms with van der Waals surface area (Å²) in [5.74, 6) is -0.684. The van der Waals surface area contributed by atoms with Crippen molar-refractivity contribution < 1.29 is 22.7 Å². The van der Waals surface area contributed by atoms with Crippen LogP contribution in [0.3, 0.4) is 0 Å². The number of carbonyl (C=O) groups excluding carboxylic acids is 1. The molecule has 5 rings (SSSR count). The maximum atomic E-state index is 12.3. The quantitative estimate of drug-likeness (QED) is 0.371. The molecule has 9 nitrogen and oxygen atoms in total. The lowest BCUT2D eigenvalue weighted by molar-refractivity contribution is -0.274. The smallest absolute Gasteiger partial charge is 0.406 e. The monoisotopic (exact) mass is 521 g/mol. The first kappa shape index (κ1) is 23.2. The van der Waals surface area contributed by atoms with E-state index in [0.29, 0.717) is 15.8 Å². The molecule has 2 N–H and O–H groups in total. The summed E-state index contributed by atoms with van der Waals surface area (Å²) in [4.78, 5) is 23.2. The Morgan fingerprint density at radius 2 is 1.97 bits per heavy atom. The van der Waals surface area contributed by atoms with E-state index in [1.165, 1.54) is 35.6 Å². The molecule has 1 saturated heterocycles. The number of rotatable bonds is 7. The molecule has 14 heteroatoms. The molecule has 182 valence electrons. The van der Waals surface area contributed by atoms with Gasteiger partial charge < -0.3 is 20.3 Å². The van der Waals surface area contributed by atoms with E-state index in [4.69, 9.17) is 0 Å². The summed E-state index contributed by atoms with van der Waals surface area (Å²) < 4.78 is 41.6. The molecule has 35 heavy (non-hydrogen) atoms. The van der Waals surface area contributed by atoms with E-state index in [-0.39, 0.29) is 24.1 Å². The van der Waals surface area contributed by atoms with Crippen LogP contribution in [0.15, 0.2) is 42.6 Å². The zero-order chi connectivity index (χ0) is 24.4. The topological polar surface area (TPSA) is 105 Å². The molecule has 1 atom stereocenters. The number of anilines is 3. The van der Waals surface area contributed by atoms with Crippen molar-refractivity contribution in [3.8, 4) is 5.75 Å². The molecule has 0 saturated carbocycles. The van der Waals surface area contributed by atoms with Crippen LogP contribution in [0.4, 0.5) is 28.6 Å². The van der Waals surface area contributed by atoms with Gasteiger partial charge >= 0.3 is 6.36 Å². The highest BCUT2D eigenvalue weighted by atomic mass is 32.1. The Morgan fingerprint density at radius 1 is 1.14 bits per heavy atom. The summed E-state index contributed by atoms with van der Waals surface area (Å²) in [6, 6.07) is 9.22. The maximum absolute atomic E-state index is 12.3. The summed E-state index contributed by atoms with van der Waals surface area (Å²) in [5.41, 5.74) is 1.27. The minimum atomic E-state index is -4.76. The third kappa shape index (κ3) is 5.95. The van der Waals surface area contributed by atoms with Crippen LogP contribution in [0, 0.1) is 0 Å². The maximum Gasteiger partial charge on any atom is 0.573 e. The zero-order valence-electron chi connectivity index (χ0n) is 18.0. The van der Waals surface area contributed by atoms with Crippen molar-refractivity contribution >= 4 is 54.3 Å². The number of halogens is 3. The molecule has 1 aromatic carbocycles. The number of thiazole rings is 1. The van der Waals surface area contributed by atoms with Gasteiger partial charge in [-0.05, 0) is 36.2 Å². The lowest BCUT2D eigenvalue weighted by Gasteiger charge is -2.14. The molecule has 0 aliphatic carbocycles. The second kappa shape index (κ2) is 9.62. The van der Waals surface area contributed by atoms with E-state index in [1.807, 2.05) is 12.1 Å². The Hall–Kier alpha value is -3.52. The number of carbonyl (C=O) groups is 1. The first-order chi connectivity index (χ1) is 16.8. The Labute approximate surface area is 205 Å². The first-order valence-electron chi connectivity index (χ1n) is 10.5. The molecular formula is C21H18F3N7O2S2. The molecule has 4 aromatic rings. The van der Waals surface area contributed by atoms with Crippen LogP contribution in [-0.2, 0) is 11.2 Å². The van der Waals surface area contributed by atoms with Crippen LogP contribution >= 0.6 is 22.7 Å². The standard InChI is InChI=1S/C21H18F3N7O2S2/c22-21(23,24)33-14-5-3-12(4-6-14)10-16(32)27-19-29-30-20(35-19)31-9-7-13(11-31)26-18-28-17-15(34-18)2-1-8-25-17/h1-6,8,13H,7,9-11H2,(H,25,26,28)(H,27,29,32)/t13-/m1/s1. The second-order valence-corrected chi connectivity index (χ2v) is 9.71. The van der Waals surface area contributed by atoms with Gasteiger partial charge in [-0.1, -0.05) is 34.8 Å². The number of ether oxygens (including phenoxy) is 1. The van der Waals surface area contributed by atoms with Gasteiger partial charge in [-0.25, -0.2) is 9.97 Å². The zero-order valence-corrected chi connectivity index (χ0v) is 19.6. The van der Waals surface area contributed by atoms with Gasteiger partial charge in [0.15, 0.2) is 10.8 Å². The highest BCUT2D eigenvalue weighted by molar-refractivity contribution is 7.22. The summed E-state index contributed by atoms with van der Waals surface area (Å²) >= 11 is 2.83. The van der Waals surface area contributed by atoms with Crippen molar-refractivity contribution in [1.29, 1.82) is 0 Å². The average Bonchev–Trinajstić information content (AvgIpc) is 3.53. The number of fused-ring (bicyclic) bond motifs is 1. The summed E-state index contributed by atoms with van der Waals surface area (Å²) in [6.45, 7) is 1.51. The van der Waals surface area contributed by atoms with E-state index in [2.05, 4.69) is 40.4 Å². The highest BCUT2D eigenvalue weighted by Crippen LogP contribution is 2.30. The minimum absolute atomic E-state index is 0.0199. The molecule has 1 aliphatic heterocycles. The van der Waals surface area contributed by atoms with Gasteiger partial charge in [0, 0.05) is 25.3 Å². The fourth-order valence-electron chi connectivity index (χ4n) is 3.61. The van der Waals surface area contributed by atoms with Gasteiger partial charge in [0.25, 0.3) is 0 Å². The number of pyridine rings is 1. The third-order valence-corrected chi connectivity index (χ3v) is 6.97. The van der Waals surface area contributed by atoms with Crippen molar-refractivity contribution in [2.24, 2.45) is 0 Å². The molecule has 0 bridgehead atoms. The Kier molecular flexibility index (Phi) is 6.38. The van der Waals surface area contributed by atoms with Crippen molar-refractivity contribution in [2.45, 2.75) is 25.2 Å². The number of nitrogens with one attached hydrogen (secondary N) is 2. The predicted octanol–water partition coefficient (Wildman–Crippen LogP) is 4.31. The molecular weight excluding hydrogens is 503 g/mol. The fourth-order valence-corrected chi connectivity index (χ4v) is 5.31. The van der Waals surface area contributed by atoms with E-state index >= 15 is 0 Å². The van der Waals surface area contributed by atoms with Gasteiger partial charge in [-0.2, -0.15) is 0 Å². The Morgan fingerprint density at radius 3 is 2.74 bits per heavy atom. The largest absolute Gasteiger partial charge is 0.573 e. The van der Waals surface area contributed by atoms with Crippen LogP contribution in [0.5, 0.6) is 5.75 Å². The summed E-state index contributed by atoms with van der Waals surface area (Å²) in [7, 11) is 0. The number of aromatic nitrogens is 4. The van der Waals surface area contributed by atoms with Crippen molar-refractivity contribution in [1.82, 2.24) is 20.2 Å². The van der Waals surface area contributed by atoms with Gasteiger partial charge in [-0.3, -0.25) is 4.79 Å². The van der Waals surface area contributed by atoms with Gasteiger partial charge in [0.05, 0.1) is 11.1 Å². The van der Waals surface area contributed by atoms with Gasteiger partial charge in [0.2, 0.25) is 16.2 Å². The van der Waals surface area contributed by atoms with Crippen LogP contribution in [-0.4, -0.2) is 51.6 Å². The lowest BCUT2D eigenvalue weighted by atomic mass is 10.1. The van der Waals surface area contributed by atoms with E-state index in [1.54, 1.807) is 17.5 Å². The number of hydrogen-bond acceptors (Lipinski definition) is 10. The first-order valence-corrected chi connectivity index (χ1v) is 12.2. The van der Waals surface area contributed by atoms with E-state index in [9.17, 15) is 18.0 Å². The third-order valence-electron chi connectivity index (χ3n) is 5.13. The minimum Gasteiger partial charge on any atom is -0.406 e. The normalized spacial score (nSPS) is 16.0. The molecule has 0 unspecified atom stereocenters. The van der Waals surface area contributed by atoms with Crippen LogP contribution in [0.25, 0.3) is 10.3 Å². The number of amides is 1. The number of alkyl halides is 3. The Balaban J connectivity index is 1.12. The molecule has 0 radical (unpaired) electrons. The number of nitrogens with zero attached hydrogens (tertiary/aromatic N) is 5. The molecule has 0 spiro atoms. The van der Waals surface area contributed by atoms with Gasteiger partial charge in [0.1, 0.15) is 5.75 Å². The van der Waals surface area contributed by atoms with Crippen LogP contribution in [0.2, 0.25) is 0 Å². The molecule has 1 fully saturated rings. The molecule has 3 aromatic heterocycles. The predicted molar refractivity (Wildman–Crippen MR) is 127 cm³/mol. The lowest BCUT2D eigenvalue weighted by Crippen LogP contribution is -2.25. The highest BCUT2D eigenvalue weighted by Gasteiger charge is 2.31. The van der Waals surface area contributed by atoms with Gasteiger partial charge in [-0.15, -0.1) is 23.4 Å². The fraction of sp³-hybridized carbons (Fsp3) is 0.286. The van der Waals surface area contributed by atoms with Crippen LogP contribution in [0.1, 0.15) is 12.0 Å². The number of hydrogen-bond donors (Lipinski definition) is 2. The molecule has 1 amide bonds. The van der Waals surface area contributed by atoms with Crippen molar-refractivity contribution in [3.63, 3.8) is 0 Å². The van der Waals surface area contributed by atoms with Crippen molar-refractivity contribution in [3.05, 3.63) is 48.2 Å². The van der Waals surface area contributed by atoms with E-state index < -0.39 is 6.36 Å². The summed E-state index contributed by atoms with van der Waals surface area (Å²) in [5, 5.41) is 16.3. The SMILES string of the molecule is O=C(Cc1ccc(OC(F)(F)F)cc1)Nc1nnc(N2CC[C@@H](Nc3nc4ncccc4s3)C2)s1. The van der Waals surface area contributed by atoms with Crippen molar-refractivity contribution in [2.75, 3.05) is 28.6 Å². The average molecular weight is 522 g/mol.